The van der Waals surface area contributed by atoms with E-state index >= 15 is 0 Å². The number of aromatic nitrogens is 3. The Bertz CT molecular complexity index is 1050. The quantitative estimate of drug-likeness (QED) is 0.594. The predicted molar refractivity (Wildman–Crippen MR) is 105 cm³/mol. The van der Waals surface area contributed by atoms with Crippen LogP contribution >= 0.6 is 0 Å². The van der Waals surface area contributed by atoms with Gasteiger partial charge in [0, 0.05) is 0 Å². The second-order valence-corrected chi connectivity index (χ2v) is 6.56. The summed E-state index contributed by atoms with van der Waals surface area (Å²) in [7, 11) is 0. The summed E-state index contributed by atoms with van der Waals surface area (Å²) in [6, 6.07) is 25.6. The number of carbonyl (C=O) groups excluding carboxylic acids is 1. The number of aryl methyl sites for hydroxylation is 1. The Morgan fingerprint density at radius 1 is 0.926 bits per heavy atom. The highest BCUT2D eigenvalue weighted by molar-refractivity contribution is 5.80. The minimum atomic E-state index is -0.214. The fraction of sp³-hybridized carbons (Fsp3) is 0.136. The molecule has 0 saturated heterocycles. The van der Waals surface area contributed by atoms with E-state index in [0.717, 1.165) is 22.2 Å². The summed E-state index contributed by atoms with van der Waals surface area (Å²) in [5.41, 5.74) is 4.90. The van der Waals surface area contributed by atoms with Crippen LogP contribution < -0.4 is 5.32 Å². The summed E-state index contributed by atoms with van der Waals surface area (Å²) in [5.74, 6) is -0.111. The van der Waals surface area contributed by atoms with Gasteiger partial charge in [0.2, 0.25) is 5.91 Å². The average molecular weight is 356 g/mol. The maximum atomic E-state index is 12.8. The number of fused-ring (bicyclic) bond motifs is 1. The molecule has 1 aromatic heterocycles. The van der Waals surface area contributed by atoms with Gasteiger partial charge < -0.3 is 5.32 Å². The van der Waals surface area contributed by atoms with Crippen molar-refractivity contribution in [1.82, 2.24) is 20.3 Å². The first-order chi connectivity index (χ1) is 13.2. The van der Waals surface area contributed by atoms with E-state index in [0.29, 0.717) is 0 Å². The van der Waals surface area contributed by atoms with Gasteiger partial charge in [-0.2, -0.15) is 0 Å². The Labute approximate surface area is 157 Å². The maximum Gasteiger partial charge on any atom is 0.242 e. The number of amides is 1. The van der Waals surface area contributed by atoms with E-state index in [9.17, 15) is 4.79 Å². The zero-order valence-electron chi connectivity index (χ0n) is 15.0. The van der Waals surface area contributed by atoms with Crippen LogP contribution in [0, 0.1) is 6.92 Å². The van der Waals surface area contributed by atoms with E-state index in [1.165, 1.54) is 5.56 Å². The normalized spacial score (nSPS) is 12.0. The van der Waals surface area contributed by atoms with Gasteiger partial charge in [0.15, 0.2) is 0 Å². The topological polar surface area (TPSA) is 59.8 Å². The molecule has 0 aliphatic carbocycles. The summed E-state index contributed by atoms with van der Waals surface area (Å²) in [6.07, 6.45) is 0. The molecule has 0 saturated carbocycles. The van der Waals surface area contributed by atoms with Crippen molar-refractivity contribution < 1.29 is 4.79 Å². The Kier molecular flexibility index (Phi) is 4.66. The lowest BCUT2D eigenvalue weighted by Crippen LogP contribution is -2.32. The lowest BCUT2D eigenvalue weighted by molar-refractivity contribution is -0.122. The molecule has 1 unspecified atom stereocenters. The SMILES string of the molecule is Cc1ccc(C(NC(=O)Cn2nnc3ccccc32)c2ccccc2)cc1. The van der Waals surface area contributed by atoms with Crippen molar-refractivity contribution >= 4 is 16.9 Å². The van der Waals surface area contributed by atoms with Gasteiger partial charge in [0.1, 0.15) is 12.1 Å². The van der Waals surface area contributed by atoms with Crippen LogP contribution in [-0.2, 0) is 11.3 Å². The van der Waals surface area contributed by atoms with Crippen LogP contribution in [0.4, 0.5) is 0 Å². The first kappa shape index (κ1) is 17.0. The minimum Gasteiger partial charge on any atom is -0.344 e. The first-order valence-electron chi connectivity index (χ1n) is 8.90. The number of carbonyl (C=O) groups is 1. The number of rotatable bonds is 5. The van der Waals surface area contributed by atoms with Gasteiger partial charge in [-0.05, 0) is 30.2 Å². The second kappa shape index (κ2) is 7.41. The molecule has 0 spiro atoms. The van der Waals surface area contributed by atoms with Crippen LogP contribution in [0.5, 0.6) is 0 Å². The van der Waals surface area contributed by atoms with Crippen LogP contribution in [-0.4, -0.2) is 20.9 Å². The molecule has 0 fully saturated rings. The van der Waals surface area contributed by atoms with Gasteiger partial charge in [-0.15, -0.1) is 5.10 Å². The average Bonchev–Trinajstić information content (AvgIpc) is 3.10. The predicted octanol–water partition coefficient (Wildman–Crippen LogP) is 3.65. The minimum absolute atomic E-state index is 0.111. The van der Waals surface area contributed by atoms with Crippen LogP contribution in [0.2, 0.25) is 0 Å². The molecule has 3 aromatic carbocycles. The summed E-state index contributed by atoms with van der Waals surface area (Å²) in [5, 5.41) is 11.4. The molecule has 0 bridgehead atoms. The van der Waals surface area contributed by atoms with Gasteiger partial charge in [-0.3, -0.25) is 4.79 Å². The number of hydrogen-bond donors (Lipinski definition) is 1. The summed E-state index contributed by atoms with van der Waals surface area (Å²) in [4.78, 5) is 12.8. The molecular weight excluding hydrogens is 336 g/mol. The van der Waals surface area contributed by atoms with Crippen molar-refractivity contribution in [2.75, 3.05) is 0 Å². The molecule has 0 aliphatic heterocycles. The van der Waals surface area contributed by atoms with Crippen LogP contribution in [0.3, 0.4) is 0 Å². The monoisotopic (exact) mass is 356 g/mol. The number of nitrogens with one attached hydrogen (secondary N) is 1. The fourth-order valence-electron chi connectivity index (χ4n) is 3.14. The molecule has 0 aliphatic rings. The van der Waals surface area contributed by atoms with Gasteiger partial charge in [-0.25, -0.2) is 4.68 Å². The van der Waals surface area contributed by atoms with E-state index in [-0.39, 0.29) is 18.5 Å². The van der Waals surface area contributed by atoms with E-state index in [1.807, 2.05) is 54.6 Å². The van der Waals surface area contributed by atoms with Crippen LogP contribution in [0.15, 0.2) is 78.9 Å². The summed E-state index contributed by atoms with van der Waals surface area (Å²) >= 11 is 0. The molecule has 5 nitrogen and oxygen atoms in total. The number of benzene rings is 3. The number of para-hydroxylation sites is 1. The first-order valence-corrected chi connectivity index (χ1v) is 8.90. The van der Waals surface area contributed by atoms with Gasteiger partial charge in [0.05, 0.1) is 11.6 Å². The summed E-state index contributed by atoms with van der Waals surface area (Å²) < 4.78 is 1.63. The third-order valence-corrected chi connectivity index (χ3v) is 4.56. The van der Waals surface area contributed by atoms with Crippen molar-refractivity contribution in [1.29, 1.82) is 0 Å². The molecule has 1 heterocycles. The van der Waals surface area contributed by atoms with Gasteiger partial charge in [-0.1, -0.05) is 77.5 Å². The molecule has 4 aromatic rings. The molecule has 27 heavy (non-hydrogen) atoms. The number of nitrogens with zero attached hydrogens (tertiary/aromatic N) is 3. The Balaban J connectivity index is 1.59. The smallest absolute Gasteiger partial charge is 0.242 e. The maximum absolute atomic E-state index is 12.8. The largest absolute Gasteiger partial charge is 0.344 e. The van der Waals surface area contributed by atoms with E-state index in [1.54, 1.807) is 4.68 Å². The highest BCUT2D eigenvalue weighted by Gasteiger charge is 2.18. The van der Waals surface area contributed by atoms with E-state index in [2.05, 4.69) is 46.8 Å². The van der Waals surface area contributed by atoms with E-state index < -0.39 is 0 Å². The Hall–Kier alpha value is -3.47. The van der Waals surface area contributed by atoms with Crippen molar-refractivity contribution in [3.8, 4) is 0 Å². The lowest BCUT2D eigenvalue weighted by Gasteiger charge is -2.20. The molecule has 5 heteroatoms. The zero-order chi connectivity index (χ0) is 18.6. The Morgan fingerprint density at radius 3 is 2.37 bits per heavy atom. The zero-order valence-corrected chi connectivity index (χ0v) is 15.0. The molecule has 1 N–H and O–H groups in total. The number of hydrogen-bond acceptors (Lipinski definition) is 3. The molecule has 0 radical (unpaired) electrons. The molecule has 134 valence electrons. The standard InChI is InChI=1S/C22H20N4O/c1-16-11-13-18(14-12-16)22(17-7-3-2-4-8-17)23-21(27)15-26-20-10-6-5-9-19(20)24-25-26/h2-14,22H,15H2,1H3,(H,23,27). The van der Waals surface area contributed by atoms with E-state index in [4.69, 9.17) is 0 Å². The molecule has 4 rings (SSSR count). The van der Waals surface area contributed by atoms with Crippen molar-refractivity contribution in [3.05, 3.63) is 95.6 Å². The van der Waals surface area contributed by atoms with Crippen molar-refractivity contribution in [2.24, 2.45) is 0 Å². The Morgan fingerprint density at radius 2 is 1.59 bits per heavy atom. The highest BCUT2D eigenvalue weighted by atomic mass is 16.2. The summed E-state index contributed by atoms with van der Waals surface area (Å²) in [6.45, 7) is 2.17. The van der Waals surface area contributed by atoms with Crippen molar-refractivity contribution in [3.63, 3.8) is 0 Å². The molecule has 1 atom stereocenters. The van der Waals surface area contributed by atoms with Gasteiger partial charge >= 0.3 is 0 Å². The lowest BCUT2D eigenvalue weighted by atomic mass is 9.98. The van der Waals surface area contributed by atoms with Gasteiger partial charge in [0.25, 0.3) is 0 Å². The fourth-order valence-corrected chi connectivity index (χ4v) is 3.14. The van der Waals surface area contributed by atoms with Crippen molar-refractivity contribution in [2.45, 2.75) is 19.5 Å². The third kappa shape index (κ3) is 3.72. The molecule has 1 amide bonds. The third-order valence-electron chi connectivity index (χ3n) is 4.56. The van der Waals surface area contributed by atoms with Crippen LogP contribution in [0.1, 0.15) is 22.7 Å². The second-order valence-electron chi connectivity index (χ2n) is 6.56. The van der Waals surface area contributed by atoms with Crippen LogP contribution in [0.25, 0.3) is 11.0 Å². The highest BCUT2D eigenvalue weighted by Crippen LogP contribution is 2.22. The molecular formula is C22H20N4O.